The van der Waals surface area contributed by atoms with E-state index in [-0.39, 0.29) is 11.3 Å². The van der Waals surface area contributed by atoms with Crippen molar-refractivity contribution in [1.82, 2.24) is 0 Å². The van der Waals surface area contributed by atoms with E-state index in [0.29, 0.717) is 6.42 Å². The summed E-state index contributed by atoms with van der Waals surface area (Å²) in [6.45, 7) is 11.5. The number of benzene rings is 2. The lowest BCUT2D eigenvalue weighted by Gasteiger charge is -2.27. The Hall–Kier alpha value is -2.29. The Morgan fingerprint density at radius 1 is 1.07 bits per heavy atom. The van der Waals surface area contributed by atoms with Crippen molar-refractivity contribution in [2.24, 2.45) is 5.41 Å². The van der Waals surface area contributed by atoms with Crippen LogP contribution in [0.1, 0.15) is 56.7 Å². The fourth-order valence-corrected chi connectivity index (χ4v) is 3.92. The molecule has 1 aliphatic heterocycles. The van der Waals surface area contributed by atoms with Crippen molar-refractivity contribution in [3.63, 3.8) is 0 Å². The number of carbonyl (C=O) groups excluding carboxylic acids is 1. The lowest BCUT2D eigenvalue weighted by Crippen LogP contribution is -2.21. The Kier molecular flexibility index (Phi) is 5.59. The summed E-state index contributed by atoms with van der Waals surface area (Å²) in [5.41, 5.74) is 7.14. The van der Waals surface area contributed by atoms with Gasteiger partial charge in [-0.05, 0) is 73.4 Å². The number of para-hydroxylation sites is 1. The second kappa shape index (κ2) is 7.75. The maximum atomic E-state index is 12.4. The summed E-state index contributed by atoms with van der Waals surface area (Å²) in [7, 11) is 0. The average Bonchev–Trinajstić information content (AvgIpc) is 2.79. The largest absolute Gasteiger partial charge is 0.341 e. The summed E-state index contributed by atoms with van der Waals surface area (Å²) in [6.07, 6.45) is 4.09. The summed E-state index contributed by atoms with van der Waals surface area (Å²) >= 11 is 0. The van der Waals surface area contributed by atoms with E-state index in [0.717, 1.165) is 29.8 Å². The monoisotopic (exact) mass is 364 g/mol. The lowest BCUT2D eigenvalue weighted by atomic mass is 9.92. The molecule has 0 aromatic heterocycles. The molecule has 1 N–H and O–H groups in total. The number of nitrogens with zero attached hydrogens (tertiary/aromatic N) is 1. The number of amides is 1. The molecule has 27 heavy (non-hydrogen) atoms. The second-order valence-electron chi connectivity index (χ2n) is 8.98. The molecular formula is C24H32N2O. The van der Waals surface area contributed by atoms with Gasteiger partial charge in [0.05, 0.1) is 0 Å². The predicted molar refractivity (Wildman–Crippen MR) is 115 cm³/mol. The van der Waals surface area contributed by atoms with Crippen LogP contribution in [-0.2, 0) is 11.2 Å². The van der Waals surface area contributed by atoms with Gasteiger partial charge in [0.1, 0.15) is 0 Å². The van der Waals surface area contributed by atoms with E-state index in [1.165, 1.54) is 29.8 Å². The van der Waals surface area contributed by atoms with Crippen LogP contribution in [0, 0.1) is 19.3 Å². The van der Waals surface area contributed by atoms with Crippen LogP contribution < -0.4 is 10.2 Å². The maximum Gasteiger partial charge on any atom is 0.224 e. The minimum Gasteiger partial charge on any atom is -0.341 e. The molecule has 3 rings (SSSR count). The van der Waals surface area contributed by atoms with E-state index in [4.69, 9.17) is 0 Å². The van der Waals surface area contributed by atoms with Crippen molar-refractivity contribution in [2.45, 2.75) is 60.3 Å². The van der Waals surface area contributed by atoms with Crippen LogP contribution >= 0.6 is 0 Å². The fraction of sp³-hybridized carbons (Fsp3) is 0.458. The second-order valence-corrected chi connectivity index (χ2v) is 8.98. The third-order valence-electron chi connectivity index (χ3n) is 5.14. The quantitative estimate of drug-likeness (QED) is 0.708. The summed E-state index contributed by atoms with van der Waals surface area (Å²) in [5.74, 6) is 0.0848. The third-order valence-corrected chi connectivity index (χ3v) is 5.14. The van der Waals surface area contributed by atoms with E-state index in [2.05, 4.69) is 81.2 Å². The van der Waals surface area contributed by atoms with Crippen molar-refractivity contribution in [3.8, 4) is 0 Å². The van der Waals surface area contributed by atoms with E-state index in [9.17, 15) is 4.79 Å². The Labute approximate surface area is 163 Å². The summed E-state index contributed by atoms with van der Waals surface area (Å²) in [4.78, 5) is 14.8. The minimum absolute atomic E-state index is 0.0123. The predicted octanol–water partition coefficient (Wildman–Crippen LogP) is 6.15. The van der Waals surface area contributed by atoms with Crippen molar-refractivity contribution in [1.29, 1.82) is 0 Å². The molecule has 144 valence electrons. The summed E-state index contributed by atoms with van der Waals surface area (Å²) < 4.78 is 0. The zero-order valence-corrected chi connectivity index (χ0v) is 17.4. The van der Waals surface area contributed by atoms with E-state index >= 15 is 0 Å². The van der Waals surface area contributed by atoms with Gasteiger partial charge in [-0.1, -0.05) is 39.0 Å². The lowest BCUT2D eigenvalue weighted by molar-refractivity contribution is -0.117. The molecule has 3 nitrogen and oxygen atoms in total. The smallest absolute Gasteiger partial charge is 0.224 e. The number of rotatable bonds is 3. The van der Waals surface area contributed by atoms with Crippen LogP contribution in [0.2, 0.25) is 0 Å². The highest BCUT2D eigenvalue weighted by atomic mass is 16.1. The highest BCUT2D eigenvalue weighted by Crippen LogP contribution is 2.36. The molecule has 1 heterocycles. The first-order chi connectivity index (χ1) is 12.7. The first-order valence-corrected chi connectivity index (χ1v) is 10.0. The third kappa shape index (κ3) is 4.71. The molecule has 2 aromatic carbocycles. The van der Waals surface area contributed by atoms with Crippen LogP contribution in [0.15, 0.2) is 36.4 Å². The SMILES string of the molecule is Cc1cc(N2CCCCc3ccccc32)cc(C)c1NC(=O)CC(C)(C)C. The maximum absolute atomic E-state index is 12.4. The first-order valence-electron chi connectivity index (χ1n) is 10.0. The zero-order valence-electron chi connectivity index (χ0n) is 17.4. The fourth-order valence-electron chi connectivity index (χ4n) is 3.92. The minimum atomic E-state index is -0.0123. The Bertz CT molecular complexity index is 810. The molecule has 2 aromatic rings. The molecule has 3 heteroatoms. The van der Waals surface area contributed by atoms with Crippen LogP contribution in [0.3, 0.4) is 0 Å². The number of carbonyl (C=O) groups is 1. The molecule has 0 saturated carbocycles. The molecule has 0 unspecified atom stereocenters. The highest BCUT2D eigenvalue weighted by molar-refractivity contribution is 5.93. The number of nitrogens with one attached hydrogen (secondary N) is 1. The van der Waals surface area contributed by atoms with Gasteiger partial charge in [-0.3, -0.25) is 4.79 Å². The van der Waals surface area contributed by atoms with Crippen LogP contribution in [-0.4, -0.2) is 12.5 Å². The average molecular weight is 365 g/mol. The number of fused-ring (bicyclic) bond motifs is 1. The number of hydrogen-bond acceptors (Lipinski definition) is 2. The summed E-state index contributed by atoms with van der Waals surface area (Å²) in [6, 6.07) is 13.1. The first kappa shape index (κ1) is 19.5. The Balaban J connectivity index is 1.90. The molecule has 0 aliphatic carbocycles. The molecular weight excluding hydrogens is 332 g/mol. The van der Waals surface area contributed by atoms with E-state index in [1.54, 1.807) is 0 Å². The van der Waals surface area contributed by atoms with Gasteiger partial charge in [-0.15, -0.1) is 0 Å². The van der Waals surface area contributed by atoms with Gasteiger partial charge in [-0.2, -0.15) is 0 Å². The molecule has 0 bridgehead atoms. The normalized spacial score (nSPS) is 14.5. The molecule has 0 atom stereocenters. The van der Waals surface area contributed by atoms with Gasteiger partial charge < -0.3 is 10.2 Å². The van der Waals surface area contributed by atoms with Gasteiger partial charge in [0.2, 0.25) is 5.91 Å². The summed E-state index contributed by atoms with van der Waals surface area (Å²) in [5, 5.41) is 3.14. The van der Waals surface area contributed by atoms with Gasteiger partial charge in [0.25, 0.3) is 0 Å². The van der Waals surface area contributed by atoms with Crippen LogP contribution in [0.5, 0.6) is 0 Å². The number of hydrogen-bond donors (Lipinski definition) is 1. The Morgan fingerprint density at radius 2 is 1.74 bits per heavy atom. The molecule has 1 amide bonds. The van der Waals surface area contributed by atoms with Gasteiger partial charge in [0, 0.05) is 30.0 Å². The molecule has 0 spiro atoms. The number of aryl methyl sites for hydroxylation is 3. The van der Waals surface area contributed by atoms with Crippen LogP contribution in [0.4, 0.5) is 17.1 Å². The molecule has 1 aliphatic rings. The van der Waals surface area contributed by atoms with E-state index < -0.39 is 0 Å². The Morgan fingerprint density at radius 3 is 2.41 bits per heavy atom. The van der Waals surface area contributed by atoms with E-state index in [1.807, 2.05) is 0 Å². The zero-order chi connectivity index (χ0) is 19.6. The standard InChI is InChI=1S/C24H32N2O/c1-17-14-20(15-18(2)23(17)25-22(27)16-24(3,4)5)26-13-9-8-11-19-10-6-7-12-21(19)26/h6-7,10,12,14-15H,8-9,11,13,16H2,1-5H3,(H,25,27). The van der Waals surface area contributed by atoms with Crippen molar-refractivity contribution >= 4 is 23.0 Å². The number of anilines is 3. The molecule has 0 radical (unpaired) electrons. The van der Waals surface area contributed by atoms with Gasteiger partial charge >= 0.3 is 0 Å². The topological polar surface area (TPSA) is 32.3 Å². The van der Waals surface area contributed by atoms with Crippen molar-refractivity contribution < 1.29 is 4.79 Å². The van der Waals surface area contributed by atoms with Crippen molar-refractivity contribution in [3.05, 3.63) is 53.1 Å². The van der Waals surface area contributed by atoms with Gasteiger partial charge in [0.15, 0.2) is 0 Å². The highest BCUT2D eigenvalue weighted by Gasteiger charge is 2.20. The van der Waals surface area contributed by atoms with Crippen LogP contribution in [0.25, 0.3) is 0 Å². The van der Waals surface area contributed by atoms with Crippen molar-refractivity contribution in [2.75, 3.05) is 16.8 Å². The molecule has 0 saturated heterocycles. The molecule has 0 fully saturated rings. The van der Waals surface area contributed by atoms with Gasteiger partial charge in [-0.25, -0.2) is 0 Å².